The van der Waals surface area contributed by atoms with E-state index in [1.807, 2.05) is 0 Å². The van der Waals surface area contributed by atoms with E-state index in [9.17, 15) is 0 Å². The first-order valence-electron chi connectivity index (χ1n) is 6.00. The molecule has 0 amide bonds. The van der Waals surface area contributed by atoms with E-state index in [0.29, 0.717) is 0 Å². The molecule has 0 saturated heterocycles. The van der Waals surface area contributed by atoms with Gasteiger partial charge >= 0.3 is 0 Å². The molecule has 0 aromatic rings. The van der Waals surface area contributed by atoms with E-state index in [2.05, 4.69) is 78.6 Å². The Balaban J connectivity index is -0.0000000369. The van der Waals surface area contributed by atoms with Crippen LogP contribution in [0.3, 0.4) is 0 Å². The molecule has 0 heterocycles. The normalized spacial score (nSPS) is 8.47. The van der Waals surface area contributed by atoms with E-state index in [1.165, 1.54) is 0 Å². The van der Waals surface area contributed by atoms with Gasteiger partial charge in [0.05, 0.1) is 0 Å². The van der Waals surface area contributed by atoms with Gasteiger partial charge in [0.25, 0.3) is 0 Å². The summed E-state index contributed by atoms with van der Waals surface area (Å²) in [6, 6.07) is 0. The van der Waals surface area contributed by atoms with Gasteiger partial charge in [-0.2, -0.15) is 0 Å². The smallest absolute Gasteiger partial charge is 0.0379 e. The Morgan fingerprint density at radius 3 is 0.294 bits per heavy atom. The van der Waals surface area contributed by atoms with Gasteiger partial charge in [-0.1, -0.05) is 78.6 Å². The van der Waals surface area contributed by atoms with Gasteiger partial charge in [0.15, 0.2) is 0 Å². The molecular weight excluding hydrogens is 315 g/mol. The summed E-state index contributed by atoms with van der Waals surface area (Å²) in [6.07, 6.45) is 0. The second kappa shape index (κ2) is 26.0. The molecule has 17 heavy (non-hydrogen) atoms. The summed E-state index contributed by atoms with van der Waals surface area (Å²) in [4.78, 5) is 0. The van der Waals surface area contributed by atoms with Crippen molar-refractivity contribution in [2.24, 2.45) is 0 Å². The zero-order valence-electron chi connectivity index (χ0n) is 14.3. The minimum Gasteiger partial charge on any atom is -0.0715 e. The summed E-state index contributed by atoms with van der Waals surface area (Å²) in [5, 5.41) is 0. The van der Waals surface area contributed by atoms with Crippen LogP contribution in [0.2, 0.25) is 78.6 Å². The third kappa shape index (κ3) is 2180. The van der Waals surface area contributed by atoms with Gasteiger partial charge in [-0.3, -0.25) is 0 Å². The molecule has 0 aliphatic rings. The fraction of sp³-hybridized carbons (Fsp3) is 1.00. The Bertz CT molecular complexity index is 61.5. The van der Waals surface area contributed by atoms with E-state index in [-0.39, 0.29) is 52.0 Å². The van der Waals surface area contributed by atoms with Gasteiger partial charge in [-0.15, -0.1) is 0 Å². The molecule has 0 aromatic carbocycles. The van der Waals surface area contributed by atoms with Crippen LogP contribution in [-0.2, 0) is 16.8 Å². The van der Waals surface area contributed by atoms with E-state index >= 15 is 0 Å². The maximum atomic E-state index is 2.27. The Kier molecular flexibility index (Phi) is 47.5. The predicted molar refractivity (Wildman–Crippen MR) is 93.4 cm³/mol. The van der Waals surface area contributed by atoms with E-state index < -0.39 is 0 Å². The molecule has 5 radical (unpaired) electrons. The van der Waals surface area contributed by atoms with Gasteiger partial charge in [-0.05, 0) is 0 Å². The average molecular weight is 352 g/mol. The molecule has 0 aromatic heterocycles. The van der Waals surface area contributed by atoms with Crippen LogP contribution in [0, 0.1) is 0 Å². The fourth-order valence-corrected chi connectivity index (χ4v) is 0. The van der Waals surface area contributed by atoms with Gasteiger partial charge in [0, 0.05) is 52.0 Å². The minimum absolute atomic E-state index is 0. The Labute approximate surface area is 130 Å². The van der Waals surface area contributed by atoms with Crippen molar-refractivity contribution in [3.05, 3.63) is 0 Å². The second-order valence-corrected chi connectivity index (χ2v) is 18.0. The molecule has 109 valence electrons. The van der Waals surface area contributed by atoms with Crippen LogP contribution in [0.5, 0.6) is 0 Å². The molecular formula is C12H36CoSi4. The summed E-state index contributed by atoms with van der Waals surface area (Å²) in [6.45, 7) is 27.2. The van der Waals surface area contributed by atoms with Crippen molar-refractivity contribution in [3.63, 3.8) is 0 Å². The maximum absolute atomic E-state index is 2.27. The van der Waals surface area contributed by atoms with Gasteiger partial charge in [-0.25, -0.2) is 0 Å². The summed E-state index contributed by atoms with van der Waals surface area (Å²) in [5.74, 6) is 0. The summed E-state index contributed by atoms with van der Waals surface area (Å²) in [5.41, 5.74) is 0. The summed E-state index contributed by atoms with van der Waals surface area (Å²) >= 11 is 0. The van der Waals surface area contributed by atoms with Crippen LogP contribution in [0.4, 0.5) is 0 Å². The molecule has 5 heteroatoms. The molecule has 0 bridgehead atoms. The third-order valence-corrected chi connectivity index (χ3v) is 0. The van der Waals surface area contributed by atoms with Crippen LogP contribution < -0.4 is 0 Å². The first-order valence-corrected chi connectivity index (χ1v) is 18.0. The molecule has 0 rings (SSSR count). The van der Waals surface area contributed by atoms with E-state index in [0.717, 1.165) is 0 Å². The zero-order valence-corrected chi connectivity index (χ0v) is 19.4. The molecule has 0 N–H and O–H groups in total. The van der Waals surface area contributed by atoms with Crippen molar-refractivity contribution in [1.29, 1.82) is 0 Å². The number of rotatable bonds is 0. The van der Waals surface area contributed by atoms with Crippen molar-refractivity contribution in [2.75, 3.05) is 0 Å². The molecule has 0 saturated carbocycles. The fourth-order valence-electron chi connectivity index (χ4n) is 0. The van der Waals surface area contributed by atoms with Gasteiger partial charge in [0.2, 0.25) is 0 Å². The summed E-state index contributed by atoms with van der Waals surface area (Å²) < 4.78 is 0. The average Bonchev–Trinajstić information content (AvgIpc) is 1.76. The number of hydrogen-bond donors (Lipinski definition) is 0. The Morgan fingerprint density at radius 1 is 0.294 bits per heavy atom. The van der Waals surface area contributed by atoms with E-state index in [1.54, 1.807) is 0 Å². The van der Waals surface area contributed by atoms with Crippen molar-refractivity contribution < 1.29 is 16.8 Å². The molecule has 0 spiro atoms. The monoisotopic (exact) mass is 351 g/mol. The van der Waals surface area contributed by atoms with Crippen LogP contribution in [0.1, 0.15) is 0 Å². The van der Waals surface area contributed by atoms with Crippen LogP contribution in [-0.4, -0.2) is 35.2 Å². The molecule has 0 atom stereocenters. The number of hydrogen-bond acceptors (Lipinski definition) is 0. The summed E-state index contributed by atoms with van der Waals surface area (Å²) in [7, 11) is 0.481. The first kappa shape index (κ1) is 31.0. The molecule has 0 aliphatic carbocycles. The van der Waals surface area contributed by atoms with Gasteiger partial charge < -0.3 is 0 Å². The van der Waals surface area contributed by atoms with Crippen molar-refractivity contribution in [3.8, 4) is 0 Å². The van der Waals surface area contributed by atoms with E-state index in [4.69, 9.17) is 0 Å². The predicted octanol–water partition coefficient (Wildman–Crippen LogP) is 5.48. The molecule has 0 unspecified atom stereocenters. The standard InChI is InChI=1S/4C3H9Si.Co/c4*1-4(2)3;/h4*1-3H3;. The van der Waals surface area contributed by atoms with Gasteiger partial charge in [0.1, 0.15) is 0 Å². The first-order chi connectivity index (χ1) is 6.93. The quantitative estimate of drug-likeness (QED) is 0.507. The topological polar surface area (TPSA) is 0 Å². The van der Waals surface area contributed by atoms with Crippen molar-refractivity contribution >= 4 is 35.2 Å². The van der Waals surface area contributed by atoms with Crippen molar-refractivity contribution in [2.45, 2.75) is 78.6 Å². The minimum atomic E-state index is 0. The molecule has 0 aliphatic heterocycles. The molecule has 0 nitrogen and oxygen atoms in total. The Morgan fingerprint density at radius 2 is 0.294 bits per heavy atom. The third-order valence-electron chi connectivity index (χ3n) is 0. The SMILES string of the molecule is C[Si](C)C.C[Si](C)C.C[Si](C)C.C[Si](C)C.[Co]. The molecule has 0 fully saturated rings. The van der Waals surface area contributed by atoms with Crippen molar-refractivity contribution in [1.82, 2.24) is 0 Å². The van der Waals surface area contributed by atoms with Crippen LogP contribution >= 0.6 is 0 Å². The zero-order chi connectivity index (χ0) is 14.3. The Hall–Kier alpha value is 1.37. The second-order valence-electron chi connectivity index (χ2n) is 6.00. The maximum Gasteiger partial charge on any atom is 0.0379 e. The van der Waals surface area contributed by atoms with Crippen LogP contribution in [0.15, 0.2) is 0 Å². The van der Waals surface area contributed by atoms with Crippen LogP contribution in [0.25, 0.3) is 0 Å². The largest absolute Gasteiger partial charge is 0.0715 e.